The van der Waals surface area contributed by atoms with Gasteiger partial charge in [-0.25, -0.2) is 0 Å². The van der Waals surface area contributed by atoms with Gasteiger partial charge in [0.2, 0.25) is 0 Å². The van der Waals surface area contributed by atoms with Crippen LogP contribution in [0.1, 0.15) is 28.3 Å². The second-order valence-electron chi connectivity index (χ2n) is 5.27. The van der Waals surface area contributed by atoms with Crippen LogP contribution in [0.3, 0.4) is 0 Å². The summed E-state index contributed by atoms with van der Waals surface area (Å²) < 4.78 is 0. The Kier molecular flexibility index (Phi) is 3.42. The van der Waals surface area contributed by atoms with Crippen molar-refractivity contribution < 1.29 is 4.79 Å². The molecule has 1 aliphatic heterocycles. The number of nitrogens with two attached hydrogens (primary N) is 1. The molecule has 20 heavy (non-hydrogen) atoms. The molecule has 1 unspecified atom stereocenters. The number of amides is 1. The topological polar surface area (TPSA) is 46.3 Å². The zero-order valence-corrected chi connectivity index (χ0v) is 11.3. The van der Waals surface area contributed by atoms with Crippen LogP contribution in [0, 0.1) is 0 Å². The molecule has 2 N–H and O–H groups in total. The Morgan fingerprint density at radius 3 is 2.65 bits per heavy atom. The summed E-state index contributed by atoms with van der Waals surface area (Å²) in [6.45, 7) is 1.60. The van der Waals surface area contributed by atoms with Gasteiger partial charge in [0.25, 0.3) is 5.91 Å². The lowest BCUT2D eigenvalue weighted by Crippen LogP contribution is -2.28. The second-order valence-corrected chi connectivity index (χ2v) is 5.27. The van der Waals surface area contributed by atoms with E-state index >= 15 is 0 Å². The first-order valence-electron chi connectivity index (χ1n) is 6.94. The quantitative estimate of drug-likeness (QED) is 0.850. The highest BCUT2D eigenvalue weighted by molar-refractivity contribution is 5.95. The van der Waals surface area contributed by atoms with E-state index in [1.807, 2.05) is 23.1 Å². The molecule has 2 aromatic carbocycles. The van der Waals surface area contributed by atoms with Crippen LogP contribution in [0.2, 0.25) is 0 Å². The fourth-order valence-electron chi connectivity index (χ4n) is 2.80. The maximum absolute atomic E-state index is 12.4. The zero-order valence-electron chi connectivity index (χ0n) is 11.3. The van der Waals surface area contributed by atoms with Crippen LogP contribution in [-0.4, -0.2) is 23.9 Å². The summed E-state index contributed by atoms with van der Waals surface area (Å²) in [5.41, 5.74) is 8.37. The summed E-state index contributed by atoms with van der Waals surface area (Å²) in [5, 5.41) is 0. The van der Waals surface area contributed by atoms with Gasteiger partial charge in [-0.3, -0.25) is 4.79 Å². The number of hydrogen-bond acceptors (Lipinski definition) is 2. The standard InChI is InChI=1S/C17H18N2O/c18-16-8-4-7-14(11-16)17(20)19-10-9-15(12-19)13-5-2-1-3-6-13/h1-8,11,15H,9-10,12,18H2. The average molecular weight is 266 g/mol. The van der Waals surface area contributed by atoms with Gasteiger partial charge in [-0.1, -0.05) is 36.4 Å². The normalized spacial score (nSPS) is 18.2. The van der Waals surface area contributed by atoms with Crippen molar-refractivity contribution in [3.63, 3.8) is 0 Å². The third-order valence-corrected chi connectivity index (χ3v) is 3.88. The Labute approximate surface area is 119 Å². The lowest BCUT2D eigenvalue weighted by Gasteiger charge is -2.17. The Hall–Kier alpha value is -2.29. The maximum atomic E-state index is 12.4. The Morgan fingerprint density at radius 2 is 1.90 bits per heavy atom. The van der Waals surface area contributed by atoms with Crippen LogP contribution >= 0.6 is 0 Å². The van der Waals surface area contributed by atoms with Crippen molar-refractivity contribution in [1.29, 1.82) is 0 Å². The van der Waals surface area contributed by atoms with Gasteiger partial charge >= 0.3 is 0 Å². The van der Waals surface area contributed by atoms with Gasteiger partial charge in [0.15, 0.2) is 0 Å². The van der Waals surface area contributed by atoms with Crippen molar-refractivity contribution in [3.05, 3.63) is 65.7 Å². The number of carbonyl (C=O) groups excluding carboxylic acids is 1. The maximum Gasteiger partial charge on any atom is 0.253 e. The van der Waals surface area contributed by atoms with E-state index in [9.17, 15) is 4.79 Å². The number of carbonyl (C=O) groups is 1. The molecule has 1 amide bonds. The molecule has 2 aromatic rings. The molecule has 102 valence electrons. The predicted octanol–water partition coefficient (Wildman–Crippen LogP) is 2.90. The third kappa shape index (κ3) is 2.52. The molecule has 0 aromatic heterocycles. The SMILES string of the molecule is Nc1cccc(C(=O)N2CCC(c3ccccc3)C2)c1. The molecule has 3 heteroatoms. The summed E-state index contributed by atoms with van der Waals surface area (Å²) in [5.74, 6) is 0.525. The Bertz CT molecular complexity index is 609. The summed E-state index contributed by atoms with van der Waals surface area (Å²) in [7, 11) is 0. The predicted molar refractivity (Wildman–Crippen MR) is 80.6 cm³/mol. The molecular weight excluding hydrogens is 248 g/mol. The van der Waals surface area contributed by atoms with Crippen LogP contribution in [0.4, 0.5) is 5.69 Å². The van der Waals surface area contributed by atoms with Crippen molar-refractivity contribution in [2.45, 2.75) is 12.3 Å². The third-order valence-electron chi connectivity index (χ3n) is 3.88. The van der Waals surface area contributed by atoms with Crippen molar-refractivity contribution in [2.24, 2.45) is 0 Å². The molecule has 3 rings (SSSR count). The Morgan fingerprint density at radius 1 is 1.10 bits per heavy atom. The highest BCUT2D eigenvalue weighted by atomic mass is 16.2. The van der Waals surface area contributed by atoms with Crippen LogP contribution in [0.5, 0.6) is 0 Å². The lowest BCUT2D eigenvalue weighted by molar-refractivity contribution is 0.0791. The molecule has 1 atom stereocenters. The van der Waals surface area contributed by atoms with Crippen molar-refractivity contribution >= 4 is 11.6 Å². The number of likely N-dealkylation sites (tertiary alicyclic amines) is 1. The molecule has 3 nitrogen and oxygen atoms in total. The van der Waals surface area contributed by atoms with Gasteiger partial charge in [0.05, 0.1) is 0 Å². The molecular formula is C17H18N2O. The highest BCUT2D eigenvalue weighted by Crippen LogP contribution is 2.28. The van der Waals surface area contributed by atoms with E-state index in [0.29, 0.717) is 17.2 Å². The number of nitrogens with zero attached hydrogens (tertiary/aromatic N) is 1. The van der Waals surface area contributed by atoms with Crippen LogP contribution < -0.4 is 5.73 Å². The van der Waals surface area contributed by atoms with Gasteiger partial charge in [-0.15, -0.1) is 0 Å². The number of hydrogen-bond donors (Lipinski definition) is 1. The fourth-order valence-corrected chi connectivity index (χ4v) is 2.80. The van der Waals surface area contributed by atoms with E-state index < -0.39 is 0 Å². The molecule has 0 saturated carbocycles. The fraction of sp³-hybridized carbons (Fsp3) is 0.235. The number of anilines is 1. The summed E-state index contributed by atoms with van der Waals surface area (Å²) in [6.07, 6.45) is 1.03. The summed E-state index contributed by atoms with van der Waals surface area (Å²) >= 11 is 0. The van der Waals surface area contributed by atoms with Gasteiger partial charge in [-0.05, 0) is 30.2 Å². The summed E-state index contributed by atoms with van der Waals surface area (Å²) in [6, 6.07) is 17.6. The smallest absolute Gasteiger partial charge is 0.253 e. The molecule has 0 aliphatic carbocycles. The van der Waals surface area contributed by atoms with E-state index in [-0.39, 0.29) is 5.91 Å². The molecule has 0 bridgehead atoms. The monoisotopic (exact) mass is 266 g/mol. The number of benzene rings is 2. The van der Waals surface area contributed by atoms with Gasteiger partial charge in [-0.2, -0.15) is 0 Å². The number of rotatable bonds is 2. The first kappa shape index (κ1) is 12.7. The first-order chi connectivity index (χ1) is 9.74. The molecule has 1 saturated heterocycles. The van der Waals surface area contributed by atoms with Crippen LogP contribution in [-0.2, 0) is 0 Å². The number of nitrogen functional groups attached to an aromatic ring is 1. The minimum atomic E-state index is 0.0794. The van der Waals surface area contributed by atoms with E-state index in [4.69, 9.17) is 5.73 Å². The zero-order chi connectivity index (χ0) is 13.9. The largest absolute Gasteiger partial charge is 0.399 e. The molecule has 1 fully saturated rings. The molecule has 1 heterocycles. The van der Waals surface area contributed by atoms with E-state index in [1.54, 1.807) is 12.1 Å². The van der Waals surface area contributed by atoms with Gasteiger partial charge in [0, 0.05) is 30.3 Å². The van der Waals surface area contributed by atoms with Crippen LogP contribution in [0.15, 0.2) is 54.6 Å². The minimum absolute atomic E-state index is 0.0794. The second kappa shape index (κ2) is 5.37. The first-order valence-corrected chi connectivity index (χ1v) is 6.94. The van der Waals surface area contributed by atoms with E-state index in [2.05, 4.69) is 24.3 Å². The molecule has 1 aliphatic rings. The van der Waals surface area contributed by atoms with Gasteiger partial charge in [0.1, 0.15) is 0 Å². The molecule has 0 spiro atoms. The Balaban J connectivity index is 1.73. The average Bonchev–Trinajstić information content (AvgIpc) is 2.97. The van der Waals surface area contributed by atoms with E-state index in [1.165, 1.54) is 5.56 Å². The minimum Gasteiger partial charge on any atom is -0.399 e. The lowest BCUT2D eigenvalue weighted by atomic mass is 9.99. The van der Waals surface area contributed by atoms with Crippen molar-refractivity contribution in [3.8, 4) is 0 Å². The van der Waals surface area contributed by atoms with Crippen molar-refractivity contribution in [1.82, 2.24) is 4.90 Å². The summed E-state index contributed by atoms with van der Waals surface area (Å²) in [4.78, 5) is 14.4. The highest BCUT2D eigenvalue weighted by Gasteiger charge is 2.27. The van der Waals surface area contributed by atoms with Crippen molar-refractivity contribution in [2.75, 3.05) is 18.8 Å². The van der Waals surface area contributed by atoms with Crippen LogP contribution in [0.25, 0.3) is 0 Å². The van der Waals surface area contributed by atoms with Gasteiger partial charge < -0.3 is 10.6 Å². The molecule has 0 radical (unpaired) electrons. The van der Waals surface area contributed by atoms with E-state index in [0.717, 1.165) is 19.5 Å².